The highest BCUT2D eigenvalue weighted by Gasteiger charge is 2.30. The van der Waals surface area contributed by atoms with Gasteiger partial charge in [0.1, 0.15) is 5.75 Å². The van der Waals surface area contributed by atoms with Crippen molar-refractivity contribution >= 4 is 23.2 Å². The maximum atomic E-state index is 12.7. The molecule has 0 aliphatic carbocycles. The third kappa shape index (κ3) is 7.23. The molecule has 0 aliphatic rings. The predicted octanol–water partition coefficient (Wildman–Crippen LogP) is 4.22. The van der Waals surface area contributed by atoms with E-state index in [4.69, 9.17) is 4.74 Å². The second-order valence-electron chi connectivity index (χ2n) is 6.74. The van der Waals surface area contributed by atoms with Crippen molar-refractivity contribution in [3.8, 4) is 5.75 Å². The molecule has 0 radical (unpaired) electrons. The maximum Gasteiger partial charge on any atom is 0.416 e. The van der Waals surface area contributed by atoms with E-state index < -0.39 is 23.6 Å². The first-order chi connectivity index (χ1) is 14.0. The van der Waals surface area contributed by atoms with Crippen LogP contribution in [0.1, 0.15) is 30.0 Å². The van der Waals surface area contributed by atoms with Crippen molar-refractivity contribution in [2.45, 2.75) is 33.4 Å². The number of halogens is 3. The van der Waals surface area contributed by atoms with Crippen molar-refractivity contribution in [2.75, 3.05) is 11.9 Å². The highest BCUT2D eigenvalue weighted by molar-refractivity contribution is 6.05. The van der Waals surface area contributed by atoms with Crippen molar-refractivity contribution < 1.29 is 27.5 Å². The van der Waals surface area contributed by atoms with Crippen LogP contribution in [-0.2, 0) is 15.8 Å². The van der Waals surface area contributed by atoms with Gasteiger partial charge in [-0.05, 0) is 50.6 Å². The summed E-state index contributed by atoms with van der Waals surface area (Å²) in [5.74, 6) is -0.485. The lowest BCUT2D eigenvalue weighted by Gasteiger charge is -2.10. The second kappa shape index (κ2) is 9.91. The number of amides is 2. The van der Waals surface area contributed by atoms with Gasteiger partial charge in [0.2, 0.25) is 5.91 Å². The number of aryl methyl sites for hydroxylation is 2. The molecular formula is C21H22F3N3O3. The number of nitrogens with one attached hydrogen (secondary N) is 2. The van der Waals surface area contributed by atoms with E-state index in [0.717, 1.165) is 23.3 Å². The lowest BCUT2D eigenvalue weighted by Crippen LogP contribution is -2.26. The van der Waals surface area contributed by atoms with Gasteiger partial charge in [-0.1, -0.05) is 23.8 Å². The third-order valence-electron chi connectivity index (χ3n) is 3.95. The minimum Gasteiger partial charge on any atom is -0.483 e. The van der Waals surface area contributed by atoms with Gasteiger partial charge >= 0.3 is 6.18 Å². The van der Waals surface area contributed by atoms with Crippen molar-refractivity contribution in [2.24, 2.45) is 5.10 Å². The molecule has 30 heavy (non-hydrogen) atoms. The molecule has 0 saturated heterocycles. The van der Waals surface area contributed by atoms with Crippen LogP contribution in [0.3, 0.4) is 0 Å². The Kier molecular flexibility index (Phi) is 7.57. The van der Waals surface area contributed by atoms with E-state index in [-0.39, 0.29) is 24.4 Å². The zero-order chi connectivity index (χ0) is 22.3. The number of rotatable bonds is 7. The number of hydrogen-bond donors (Lipinski definition) is 2. The van der Waals surface area contributed by atoms with Crippen LogP contribution in [0.25, 0.3) is 0 Å². The largest absolute Gasteiger partial charge is 0.483 e. The molecule has 2 aromatic rings. The smallest absolute Gasteiger partial charge is 0.416 e. The number of benzene rings is 2. The third-order valence-corrected chi connectivity index (χ3v) is 3.95. The van der Waals surface area contributed by atoms with Gasteiger partial charge < -0.3 is 10.1 Å². The van der Waals surface area contributed by atoms with Gasteiger partial charge in [0.15, 0.2) is 6.61 Å². The highest BCUT2D eigenvalue weighted by Crippen LogP contribution is 2.30. The molecule has 0 fully saturated rings. The Bertz CT molecular complexity index is 956. The van der Waals surface area contributed by atoms with Crippen LogP contribution in [0, 0.1) is 13.8 Å². The summed E-state index contributed by atoms with van der Waals surface area (Å²) < 4.78 is 43.6. The molecule has 0 heterocycles. The van der Waals surface area contributed by atoms with E-state index in [2.05, 4.69) is 15.8 Å². The minimum atomic E-state index is -4.50. The average molecular weight is 421 g/mol. The molecule has 6 nitrogen and oxygen atoms in total. The topological polar surface area (TPSA) is 79.8 Å². The van der Waals surface area contributed by atoms with Crippen LogP contribution in [-0.4, -0.2) is 24.1 Å². The Hall–Kier alpha value is -3.36. The monoisotopic (exact) mass is 421 g/mol. The average Bonchev–Trinajstić information content (AvgIpc) is 2.65. The number of carbonyl (C=O) groups is 2. The van der Waals surface area contributed by atoms with Crippen LogP contribution in [0.5, 0.6) is 5.75 Å². The Labute approximate surface area is 172 Å². The first-order valence-corrected chi connectivity index (χ1v) is 9.04. The molecule has 0 aromatic heterocycles. The molecular weight excluding hydrogens is 399 g/mol. The van der Waals surface area contributed by atoms with Crippen molar-refractivity contribution in [3.63, 3.8) is 0 Å². The van der Waals surface area contributed by atoms with Gasteiger partial charge in [-0.15, -0.1) is 0 Å². The number of anilines is 1. The fourth-order valence-corrected chi connectivity index (χ4v) is 2.54. The van der Waals surface area contributed by atoms with E-state index in [1.807, 2.05) is 26.0 Å². The van der Waals surface area contributed by atoms with Crippen LogP contribution in [0.4, 0.5) is 18.9 Å². The van der Waals surface area contributed by atoms with Crippen LogP contribution in [0.2, 0.25) is 0 Å². The van der Waals surface area contributed by atoms with Gasteiger partial charge in [0, 0.05) is 11.4 Å². The van der Waals surface area contributed by atoms with E-state index >= 15 is 0 Å². The molecule has 0 atom stereocenters. The lowest BCUT2D eigenvalue weighted by molar-refractivity contribution is -0.137. The first kappa shape index (κ1) is 22.9. The van der Waals surface area contributed by atoms with Crippen molar-refractivity contribution in [3.05, 3.63) is 59.2 Å². The molecule has 9 heteroatoms. The molecule has 2 rings (SSSR count). The van der Waals surface area contributed by atoms with Gasteiger partial charge in [-0.25, -0.2) is 5.43 Å². The SMILES string of the molecule is C/C(CC(=O)Nc1cccc(C(F)(F)F)c1)=N/NC(=O)COc1ccc(C)cc1C. The Balaban J connectivity index is 1.83. The zero-order valence-electron chi connectivity index (χ0n) is 16.8. The molecule has 0 spiro atoms. The molecule has 0 saturated carbocycles. The number of hydrogen-bond acceptors (Lipinski definition) is 4. The number of hydrazone groups is 1. The summed E-state index contributed by atoms with van der Waals surface area (Å²) in [6.07, 6.45) is -4.70. The summed E-state index contributed by atoms with van der Waals surface area (Å²) in [5, 5.41) is 6.18. The predicted molar refractivity (Wildman–Crippen MR) is 107 cm³/mol. The summed E-state index contributed by atoms with van der Waals surface area (Å²) in [6.45, 7) is 5.07. The maximum absolute atomic E-state index is 12.7. The van der Waals surface area contributed by atoms with Crippen LogP contribution < -0.4 is 15.5 Å². The molecule has 0 unspecified atom stereocenters. The Morgan fingerprint density at radius 3 is 2.47 bits per heavy atom. The van der Waals surface area contributed by atoms with E-state index in [1.54, 1.807) is 6.07 Å². The fourth-order valence-electron chi connectivity index (χ4n) is 2.54. The van der Waals surface area contributed by atoms with E-state index in [1.165, 1.54) is 19.1 Å². The molecule has 2 N–H and O–H groups in total. The summed E-state index contributed by atoms with van der Waals surface area (Å²) in [7, 11) is 0. The summed E-state index contributed by atoms with van der Waals surface area (Å²) in [4.78, 5) is 23.9. The van der Waals surface area contributed by atoms with Gasteiger partial charge in [-0.2, -0.15) is 18.3 Å². The Morgan fingerprint density at radius 1 is 1.07 bits per heavy atom. The van der Waals surface area contributed by atoms with E-state index in [9.17, 15) is 22.8 Å². The molecule has 2 amide bonds. The number of nitrogens with zero attached hydrogens (tertiary/aromatic N) is 1. The van der Waals surface area contributed by atoms with Gasteiger partial charge in [0.05, 0.1) is 12.0 Å². The number of alkyl halides is 3. The van der Waals surface area contributed by atoms with E-state index in [0.29, 0.717) is 5.75 Å². The zero-order valence-corrected chi connectivity index (χ0v) is 16.8. The van der Waals surface area contributed by atoms with Crippen LogP contribution >= 0.6 is 0 Å². The van der Waals surface area contributed by atoms with Crippen molar-refractivity contribution in [1.82, 2.24) is 5.43 Å². The second-order valence-corrected chi connectivity index (χ2v) is 6.74. The standard InChI is InChI=1S/C21H22F3N3O3/c1-13-7-8-18(14(2)9-13)30-12-20(29)27-26-15(3)10-19(28)25-17-6-4-5-16(11-17)21(22,23)24/h4-9,11H,10,12H2,1-3H3,(H,25,28)(H,27,29)/b26-15-. The lowest BCUT2D eigenvalue weighted by atomic mass is 10.1. The van der Waals surface area contributed by atoms with Gasteiger partial charge in [0.25, 0.3) is 5.91 Å². The van der Waals surface area contributed by atoms with Gasteiger partial charge in [-0.3, -0.25) is 9.59 Å². The summed E-state index contributed by atoms with van der Waals surface area (Å²) >= 11 is 0. The molecule has 160 valence electrons. The van der Waals surface area contributed by atoms with Crippen LogP contribution in [0.15, 0.2) is 47.6 Å². The number of carbonyl (C=O) groups excluding carboxylic acids is 2. The summed E-state index contributed by atoms with van der Waals surface area (Å²) in [5.41, 5.74) is 3.69. The first-order valence-electron chi connectivity index (χ1n) is 9.04. The summed E-state index contributed by atoms with van der Waals surface area (Å²) in [6, 6.07) is 9.88. The quantitative estimate of drug-likeness (QED) is 0.519. The molecule has 0 aliphatic heterocycles. The molecule has 2 aromatic carbocycles. The minimum absolute atomic E-state index is 0.0218. The highest BCUT2D eigenvalue weighted by atomic mass is 19.4. The normalized spacial score (nSPS) is 11.7. The fraction of sp³-hybridized carbons (Fsp3) is 0.286. The Morgan fingerprint density at radius 2 is 1.80 bits per heavy atom. The number of ether oxygens (including phenoxy) is 1. The van der Waals surface area contributed by atoms with Crippen molar-refractivity contribution in [1.29, 1.82) is 0 Å². The molecule has 0 bridgehead atoms.